The van der Waals surface area contributed by atoms with Gasteiger partial charge in [0.15, 0.2) is 0 Å². The first-order valence-corrected chi connectivity index (χ1v) is 7.72. The van der Waals surface area contributed by atoms with Crippen molar-refractivity contribution in [2.45, 2.75) is 12.5 Å². The van der Waals surface area contributed by atoms with Crippen LogP contribution in [0.5, 0.6) is 5.75 Å². The summed E-state index contributed by atoms with van der Waals surface area (Å²) < 4.78 is 5.19. The highest BCUT2D eigenvalue weighted by atomic mass is 16.5. The van der Waals surface area contributed by atoms with E-state index in [2.05, 4.69) is 10.6 Å². The largest absolute Gasteiger partial charge is 0.497 e. The van der Waals surface area contributed by atoms with E-state index in [1.165, 1.54) is 0 Å². The molecule has 0 saturated carbocycles. The van der Waals surface area contributed by atoms with Gasteiger partial charge in [-0.25, -0.2) is 4.79 Å². The van der Waals surface area contributed by atoms with E-state index in [0.29, 0.717) is 18.0 Å². The lowest BCUT2D eigenvalue weighted by Gasteiger charge is -2.18. The van der Waals surface area contributed by atoms with Crippen molar-refractivity contribution >= 4 is 23.3 Å². The predicted molar refractivity (Wildman–Crippen MR) is 92.3 cm³/mol. The summed E-state index contributed by atoms with van der Waals surface area (Å²) in [6.07, 6.45) is 0.277. The molecule has 2 aromatic carbocycles. The molecule has 1 aliphatic rings. The second kappa shape index (κ2) is 7.04. The summed E-state index contributed by atoms with van der Waals surface area (Å²) in [5, 5.41) is 5.60. The highest BCUT2D eigenvalue weighted by Gasteiger charge is 2.31. The minimum absolute atomic E-state index is 0.0201. The van der Waals surface area contributed by atoms with E-state index in [0.717, 1.165) is 5.69 Å². The summed E-state index contributed by atoms with van der Waals surface area (Å²) >= 11 is 0. The first-order chi connectivity index (χ1) is 11.7. The Hall–Kier alpha value is -3.02. The molecule has 0 radical (unpaired) electrons. The first-order valence-electron chi connectivity index (χ1n) is 7.72. The standard InChI is InChI=1S/C18H19N3O3/c1-24-16-9-5-8-15(11-16)21-12-14(10-17(21)22)20-18(23)19-13-6-3-2-4-7-13/h2-9,11,14H,10,12H2,1H3,(H2,19,20,23). The van der Waals surface area contributed by atoms with E-state index in [1.807, 2.05) is 54.6 Å². The summed E-state index contributed by atoms with van der Waals surface area (Å²) in [4.78, 5) is 25.9. The average Bonchev–Trinajstić information content (AvgIpc) is 2.96. The molecular formula is C18H19N3O3. The van der Waals surface area contributed by atoms with Crippen LogP contribution in [0.3, 0.4) is 0 Å². The predicted octanol–water partition coefficient (Wildman–Crippen LogP) is 2.62. The number of nitrogens with one attached hydrogen (secondary N) is 2. The number of carbonyl (C=O) groups excluding carboxylic acids is 2. The number of rotatable bonds is 4. The summed E-state index contributed by atoms with van der Waals surface area (Å²) in [5.41, 5.74) is 1.48. The monoisotopic (exact) mass is 325 g/mol. The van der Waals surface area contributed by atoms with Crippen LogP contribution in [0.25, 0.3) is 0 Å². The van der Waals surface area contributed by atoms with Gasteiger partial charge in [0.2, 0.25) is 5.91 Å². The van der Waals surface area contributed by atoms with Crippen molar-refractivity contribution in [3.05, 3.63) is 54.6 Å². The molecule has 2 aromatic rings. The zero-order valence-electron chi connectivity index (χ0n) is 13.4. The number of methoxy groups -OCH3 is 1. The molecule has 1 heterocycles. The van der Waals surface area contributed by atoms with Gasteiger partial charge >= 0.3 is 6.03 Å². The Morgan fingerprint density at radius 1 is 1.17 bits per heavy atom. The number of anilines is 2. The van der Waals surface area contributed by atoms with Crippen molar-refractivity contribution in [3.63, 3.8) is 0 Å². The third kappa shape index (κ3) is 3.65. The molecule has 3 rings (SSSR count). The quantitative estimate of drug-likeness (QED) is 0.908. The lowest BCUT2D eigenvalue weighted by atomic mass is 10.2. The van der Waals surface area contributed by atoms with Gasteiger partial charge in [-0.15, -0.1) is 0 Å². The molecule has 124 valence electrons. The number of urea groups is 1. The number of amides is 3. The lowest BCUT2D eigenvalue weighted by molar-refractivity contribution is -0.117. The Morgan fingerprint density at radius 3 is 2.71 bits per heavy atom. The molecule has 1 fully saturated rings. The third-order valence-corrected chi connectivity index (χ3v) is 3.86. The van der Waals surface area contributed by atoms with Crippen molar-refractivity contribution in [2.24, 2.45) is 0 Å². The molecule has 1 unspecified atom stereocenters. The van der Waals surface area contributed by atoms with E-state index >= 15 is 0 Å². The number of para-hydroxylation sites is 1. The van der Waals surface area contributed by atoms with Crippen molar-refractivity contribution in [2.75, 3.05) is 23.9 Å². The van der Waals surface area contributed by atoms with Gasteiger partial charge in [0, 0.05) is 30.4 Å². The molecule has 0 bridgehead atoms. The summed E-state index contributed by atoms with van der Waals surface area (Å²) in [5.74, 6) is 0.673. The van der Waals surface area contributed by atoms with E-state index in [9.17, 15) is 9.59 Å². The normalized spacial score (nSPS) is 16.8. The van der Waals surface area contributed by atoms with E-state index < -0.39 is 0 Å². The van der Waals surface area contributed by atoms with Crippen LogP contribution in [0.4, 0.5) is 16.2 Å². The van der Waals surface area contributed by atoms with Gasteiger partial charge in [-0.05, 0) is 24.3 Å². The Bertz CT molecular complexity index is 733. The molecule has 6 heteroatoms. The summed E-state index contributed by atoms with van der Waals surface area (Å²) in [6.45, 7) is 0.439. The van der Waals surface area contributed by atoms with Crippen molar-refractivity contribution in [1.29, 1.82) is 0 Å². The van der Waals surface area contributed by atoms with Gasteiger partial charge in [-0.3, -0.25) is 4.79 Å². The summed E-state index contributed by atoms with van der Waals surface area (Å²) in [6, 6.07) is 16.0. The van der Waals surface area contributed by atoms with Gasteiger partial charge in [0.25, 0.3) is 0 Å². The first kappa shape index (κ1) is 15.9. The van der Waals surface area contributed by atoms with Gasteiger partial charge in [-0.1, -0.05) is 24.3 Å². The number of hydrogen-bond donors (Lipinski definition) is 2. The highest BCUT2D eigenvalue weighted by Crippen LogP contribution is 2.25. The molecular weight excluding hydrogens is 306 g/mol. The molecule has 3 amide bonds. The number of ether oxygens (including phenoxy) is 1. The molecule has 0 aliphatic carbocycles. The zero-order valence-corrected chi connectivity index (χ0v) is 13.4. The fourth-order valence-electron chi connectivity index (χ4n) is 2.71. The van der Waals surface area contributed by atoms with Crippen LogP contribution >= 0.6 is 0 Å². The Labute approximate surface area is 140 Å². The SMILES string of the molecule is COc1cccc(N2CC(NC(=O)Nc3ccccc3)CC2=O)c1. The molecule has 2 N–H and O–H groups in total. The highest BCUT2D eigenvalue weighted by molar-refractivity contribution is 5.97. The van der Waals surface area contributed by atoms with Crippen LogP contribution in [-0.2, 0) is 4.79 Å². The average molecular weight is 325 g/mol. The molecule has 0 aromatic heterocycles. The number of benzene rings is 2. The van der Waals surface area contributed by atoms with Crippen LogP contribution in [0.2, 0.25) is 0 Å². The Morgan fingerprint density at radius 2 is 1.96 bits per heavy atom. The van der Waals surface area contributed by atoms with Gasteiger partial charge in [-0.2, -0.15) is 0 Å². The molecule has 24 heavy (non-hydrogen) atoms. The van der Waals surface area contributed by atoms with E-state index in [1.54, 1.807) is 12.0 Å². The number of nitrogens with zero attached hydrogens (tertiary/aromatic N) is 1. The molecule has 0 spiro atoms. The smallest absolute Gasteiger partial charge is 0.319 e. The zero-order chi connectivity index (χ0) is 16.9. The minimum atomic E-state index is -0.313. The maximum atomic E-state index is 12.2. The van der Waals surface area contributed by atoms with Gasteiger partial charge in [0.05, 0.1) is 13.2 Å². The third-order valence-electron chi connectivity index (χ3n) is 3.86. The van der Waals surface area contributed by atoms with Crippen LogP contribution < -0.4 is 20.3 Å². The van der Waals surface area contributed by atoms with Crippen LogP contribution in [0, 0.1) is 0 Å². The fourth-order valence-corrected chi connectivity index (χ4v) is 2.71. The van der Waals surface area contributed by atoms with Crippen LogP contribution in [0.15, 0.2) is 54.6 Å². The Balaban J connectivity index is 1.61. The van der Waals surface area contributed by atoms with Gasteiger partial charge in [0.1, 0.15) is 5.75 Å². The number of carbonyl (C=O) groups is 2. The minimum Gasteiger partial charge on any atom is -0.497 e. The topological polar surface area (TPSA) is 70.7 Å². The second-order valence-corrected chi connectivity index (χ2v) is 5.57. The summed E-state index contributed by atoms with van der Waals surface area (Å²) in [7, 11) is 1.59. The molecule has 1 atom stereocenters. The van der Waals surface area contributed by atoms with Crippen molar-refractivity contribution < 1.29 is 14.3 Å². The molecule has 6 nitrogen and oxygen atoms in total. The van der Waals surface area contributed by atoms with E-state index in [-0.39, 0.29) is 24.4 Å². The lowest BCUT2D eigenvalue weighted by Crippen LogP contribution is -2.39. The van der Waals surface area contributed by atoms with Crippen molar-refractivity contribution in [1.82, 2.24) is 5.32 Å². The second-order valence-electron chi connectivity index (χ2n) is 5.57. The number of hydrogen-bond acceptors (Lipinski definition) is 3. The van der Waals surface area contributed by atoms with Gasteiger partial charge < -0.3 is 20.3 Å². The fraction of sp³-hybridized carbons (Fsp3) is 0.222. The maximum Gasteiger partial charge on any atom is 0.319 e. The van der Waals surface area contributed by atoms with Crippen LogP contribution in [0.1, 0.15) is 6.42 Å². The maximum absolute atomic E-state index is 12.2. The van der Waals surface area contributed by atoms with Crippen LogP contribution in [-0.4, -0.2) is 31.6 Å². The van der Waals surface area contributed by atoms with E-state index in [4.69, 9.17) is 4.74 Å². The van der Waals surface area contributed by atoms with Crippen molar-refractivity contribution in [3.8, 4) is 5.75 Å². The molecule has 1 saturated heterocycles. The Kier molecular flexibility index (Phi) is 4.65. The molecule has 1 aliphatic heterocycles.